The minimum absolute atomic E-state index is 0. The Morgan fingerprint density at radius 2 is 1.89 bits per heavy atom. The summed E-state index contributed by atoms with van der Waals surface area (Å²) in [4.78, 5) is 0. The van der Waals surface area contributed by atoms with Crippen LogP contribution in [0.15, 0.2) is 0 Å². The maximum absolute atomic E-state index is 2.27. The van der Waals surface area contributed by atoms with Gasteiger partial charge in [-0.15, -0.1) is 0 Å². The highest BCUT2D eigenvalue weighted by molar-refractivity contribution is 7.59. The van der Waals surface area contributed by atoms with Gasteiger partial charge in [0, 0.05) is 0 Å². The SMILES string of the molecule is CCCCCC1CC1.S. The lowest BCUT2D eigenvalue weighted by molar-refractivity contribution is 0.620. The highest BCUT2D eigenvalue weighted by Gasteiger charge is 2.19. The fraction of sp³-hybridized carbons (Fsp3) is 1.00. The summed E-state index contributed by atoms with van der Waals surface area (Å²) in [6.45, 7) is 2.27. The molecule has 56 valence electrons. The third-order valence-electron chi connectivity index (χ3n) is 1.91. The Morgan fingerprint density at radius 3 is 2.33 bits per heavy atom. The predicted molar refractivity (Wildman–Crippen MR) is 47.2 cm³/mol. The van der Waals surface area contributed by atoms with Crippen molar-refractivity contribution in [3.8, 4) is 0 Å². The zero-order chi connectivity index (χ0) is 5.82. The van der Waals surface area contributed by atoms with Crippen LogP contribution in [0.25, 0.3) is 0 Å². The molecule has 0 heterocycles. The number of hydrogen-bond donors (Lipinski definition) is 0. The van der Waals surface area contributed by atoms with Crippen LogP contribution in [0.1, 0.15) is 45.4 Å². The van der Waals surface area contributed by atoms with E-state index in [9.17, 15) is 0 Å². The van der Waals surface area contributed by atoms with Gasteiger partial charge in [0.25, 0.3) is 0 Å². The van der Waals surface area contributed by atoms with E-state index >= 15 is 0 Å². The molecule has 1 aliphatic carbocycles. The second-order valence-electron chi connectivity index (χ2n) is 2.94. The van der Waals surface area contributed by atoms with E-state index < -0.39 is 0 Å². The molecule has 1 heteroatoms. The summed E-state index contributed by atoms with van der Waals surface area (Å²) in [5.41, 5.74) is 0. The minimum atomic E-state index is 0. The summed E-state index contributed by atoms with van der Waals surface area (Å²) < 4.78 is 0. The van der Waals surface area contributed by atoms with Gasteiger partial charge in [-0.05, 0) is 5.92 Å². The zero-order valence-electron chi connectivity index (χ0n) is 6.32. The second-order valence-corrected chi connectivity index (χ2v) is 2.94. The monoisotopic (exact) mass is 146 g/mol. The molecule has 1 saturated carbocycles. The molecule has 0 amide bonds. The van der Waals surface area contributed by atoms with Crippen molar-refractivity contribution in [2.24, 2.45) is 5.92 Å². The largest absolute Gasteiger partial charge is 0.197 e. The normalized spacial score (nSPS) is 17.0. The van der Waals surface area contributed by atoms with Gasteiger partial charge in [-0.25, -0.2) is 0 Å². The van der Waals surface area contributed by atoms with Crippen LogP contribution in [0.4, 0.5) is 0 Å². The van der Waals surface area contributed by atoms with Crippen LogP contribution in [-0.4, -0.2) is 0 Å². The predicted octanol–water partition coefficient (Wildman–Crippen LogP) is 3.09. The van der Waals surface area contributed by atoms with Crippen molar-refractivity contribution in [2.75, 3.05) is 0 Å². The van der Waals surface area contributed by atoms with Crippen molar-refractivity contribution < 1.29 is 0 Å². The van der Waals surface area contributed by atoms with E-state index in [4.69, 9.17) is 0 Å². The van der Waals surface area contributed by atoms with E-state index in [1.54, 1.807) is 0 Å². The van der Waals surface area contributed by atoms with Gasteiger partial charge in [-0.1, -0.05) is 45.4 Å². The van der Waals surface area contributed by atoms with Crippen LogP contribution >= 0.6 is 13.5 Å². The summed E-state index contributed by atoms with van der Waals surface area (Å²) in [7, 11) is 0. The Morgan fingerprint density at radius 1 is 1.22 bits per heavy atom. The first-order valence-electron chi connectivity index (χ1n) is 3.93. The topological polar surface area (TPSA) is 0 Å². The van der Waals surface area contributed by atoms with Crippen molar-refractivity contribution in [1.29, 1.82) is 0 Å². The summed E-state index contributed by atoms with van der Waals surface area (Å²) in [6, 6.07) is 0. The van der Waals surface area contributed by atoms with Crippen molar-refractivity contribution in [3.05, 3.63) is 0 Å². The average molecular weight is 146 g/mol. The Kier molecular flexibility index (Phi) is 5.36. The third-order valence-corrected chi connectivity index (χ3v) is 1.91. The lowest BCUT2D eigenvalue weighted by Crippen LogP contribution is -1.75. The van der Waals surface area contributed by atoms with Crippen LogP contribution in [0.5, 0.6) is 0 Å². The van der Waals surface area contributed by atoms with Crippen molar-refractivity contribution in [1.82, 2.24) is 0 Å². The molecule has 0 aromatic rings. The van der Waals surface area contributed by atoms with Crippen LogP contribution in [0.2, 0.25) is 0 Å². The lowest BCUT2D eigenvalue weighted by Gasteiger charge is -1.92. The van der Waals surface area contributed by atoms with E-state index in [2.05, 4.69) is 6.92 Å². The van der Waals surface area contributed by atoms with Gasteiger partial charge in [0.2, 0.25) is 0 Å². The Labute approximate surface area is 65.5 Å². The van der Waals surface area contributed by atoms with Crippen LogP contribution in [0.3, 0.4) is 0 Å². The summed E-state index contributed by atoms with van der Waals surface area (Å²) >= 11 is 0. The van der Waals surface area contributed by atoms with Gasteiger partial charge >= 0.3 is 0 Å². The maximum atomic E-state index is 2.27. The maximum Gasteiger partial charge on any atom is -0.0414 e. The van der Waals surface area contributed by atoms with Gasteiger partial charge in [0.15, 0.2) is 0 Å². The zero-order valence-corrected chi connectivity index (χ0v) is 7.32. The molecule has 0 spiro atoms. The smallest absolute Gasteiger partial charge is 0.0414 e. The van der Waals surface area contributed by atoms with Crippen molar-refractivity contribution in [2.45, 2.75) is 45.4 Å². The molecule has 0 aliphatic heterocycles. The van der Waals surface area contributed by atoms with Crippen LogP contribution in [0, 0.1) is 5.92 Å². The first-order chi connectivity index (χ1) is 3.93. The highest BCUT2D eigenvalue weighted by atomic mass is 32.1. The molecule has 0 saturated heterocycles. The van der Waals surface area contributed by atoms with E-state index in [1.807, 2.05) is 0 Å². The minimum Gasteiger partial charge on any atom is -0.197 e. The molecular weight excluding hydrogens is 128 g/mol. The number of unbranched alkanes of at least 4 members (excludes halogenated alkanes) is 2. The fourth-order valence-electron chi connectivity index (χ4n) is 1.09. The first kappa shape index (κ1) is 9.35. The van der Waals surface area contributed by atoms with Crippen LogP contribution in [-0.2, 0) is 0 Å². The van der Waals surface area contributed by atoms with Gasteiger partial charge in [0.1, 0.15) is 0 Å². The Bertz CT molecular complexity index is 57.6. The van der Waals surface area contributed by atoms with E-state index in [-0.39, 0.29) is 13.5 Å². The first-order valence-corrected chi connectivity index (χ1v) is 3.93. The molecule has 1 rings (SSSR count). The summed E-state index contributed by atoms with van der Waals surface area (Å²) in [6.07, 6.45) is 8.91. The molecule has 0 unspecified atom stereocenters. The van der Waals surface area contributed by atoms with Gasteiger partial charge < -0.3 is 0 Å². The van der Waals surface area contributed by atoms with E-state index in [1.165, 1.54) is 38.5 Å². The molecule has 0 bridgehead atoms. The quantitative estimate of drug-likeness (QED) is 0.535. The molecule has 0 atom stereocenters. The van der Waals surface area contributed by atoms with Gasteiger partial charge in [-0.3, -0.25) is 0 Å². The van der Waals surface area contributed by atoms with Crippen LogP contribution < -0.4 is 0 Å². The molecule has 0 radical (unpaired) electrons. The van der Waals surface area contributed by atoms with Crippen molar-refractivity contribution >= 4 is 13.5 Å². The molecule has 0 aromatic carbocycles. The highest BCUT2D eigenvalue weighted by Crippen LogP contribution is 2.33. The lowest BCUT2D eigenvalue weighted by atomic mass is 10.1. The van der Waals surface area contributed by atoms with Gasteiger partial charge in [-0.2, -0.15) is 13.5 Å². The van der Waals surface area contributed by atoms with Crippen molar-refractivity contribution in [3.63, 3.8) is 0 Å². The summed E-state index contributed by atoms with van der Waals surface area (Å²) in [5, 5.41) is 0. The molecule has 9 heavy (non-hydrogen) atoms. The molecule has 1 fully saturated rings. The second kappa shape index (κ2) is 5.16. The number of rotatable bonds is 4. The molecule has 0 aromatic heterocycles. The van der Waals surface area contributed by atoms with E-state index in [0.717, 1.165) is 5.92 Å². The van der Waals surface area contributed by atoms with E-state index in [0.29, 0.717) is 0 Å². The Hall–Kier alpha value is 0.350. The molecular formula is C8H18S. The molecule has 0 N–H and O–H groups in total. The Balaban J connectivity index is 0.000000640. The number of hydrogen-bond acceptors (Lipinski definition) is 0. The average Bonchev–Trinajstić information content (AvgIpc) is 2.51. The van der Waals surface area contributed by atoms with Gasteiger partial charge in [0.05, 0.1) is 0 Å². The molecule has 1 aliphatic rings. The third kappa shape index (κ3) is 4.83. The standard InChI is InChI=1S/C8H16.H2S/c1-2-3-4-5-8-6-7-8;/h8H,2-7H2,1H3;1H2. The fourth-order valence-corrected chi connectivity index (χ4v) is 1.09. The summed E-state index contributed by atoms with van der Waals surface area (Å²) in [5.74, 6) is 1.15. The molecule has 0 nitrogen and oxygen atoms in total.